The van der Waals surface area contributed by atoms with Gasteiger partial charge in [-0.05, 0) is 48.7 Å². The minimum Gasteiger partial charge on any atom is -0.325 e. The second-order valence-electron chi connectivity index (χ2n) is 5.84. The Bertz CT molecular complexity index is 746. The van der Waals surface area contributed by atoms with Crippen LogP contribution in [-0.2, 0) is 17.8 Å². The van der Waals surface area contributed by atoms with E-state index >= 15 is 0 Å². The Balaban J connectivity index is 1.65. The summed E-state index contributed by atoms with van der Waals surface area (Å²) in [6, 6.07) is 17.2. The number of carbonyl (C=O) groups is 1. The lowest BCUT2D eigenvalue weighted by Gasteiger charge is -2.32. The van der Waals surface area contributed by atoms with Crippen LogP contribution in [0, 0.1) is 11.3 Å². The molecule has 1 aliphatic rings. The van der Waals surface area contributed by atoms with Gasteiger partial charge in [0.05, 0.1) is 17.7 Å². The molecule has 1 N–H and O–H groups in total. The van der Waals surface area contributed by atoms with Crippen molar-refractivity contribution in [2.24, 2.45) is 0 Å². The monoisotopic (exact) mass is 305 g/mol. The topological polar surface area (TPSA) is 56.1 Å². The van der Waals surface area contributed by atoms with Crippen molar-refractivity contribution >= 4 is 11.6 Å². The highest BCUT2D eigenvalue weighted by atomic mass is 16.2. The van der Waals surface area contributed by atoms with Gasteiger partial charge in [0.25, 0.3) is 0 Å². The Morgan fingerprint density at radius 3 is 2.57 bits per heavy atom. The summed E-state index contributed by atoms with van der Waals surface area (Å²) in [5.41, 5.74) is 3.99. The molecule has 2 aromatic carbocycles. The normalized spacial score (nSPS) is 15.3. The first-order chi connectivity index (χ1) is 11.2. The quantitative estimate of drug-likeness (QED) is 0.948. The SMILES string of the molecule is C[C@@H](C(=O)Nc1ccc(C#N)cc1)N1CCc2ccccc2C1. The van der Waals surface area contributed by atoms with E-state index in [1.54, 1.807) is 24.3 Å². The Morgan fingerprint density at radius 1 is 1.17 bits per heavy atom. The van der Waals surface area contributed by atoms with Gasteiger partial charge in [-0.15, -0.1) is 0 Å². The number of rotatable bonds is 3. The van der Waals surface area contributed by atoms with E-state index in [4.69, 9.17) is 5.26 Å². The van der Waals surface area contributed by atoms with E-state index in [1.165, 1.54) is 11.1 Å². The van der Waals surface area contributed by atoms with E-state index in [9.17, 15) is 4.79 Å². The maximum atomic E-state index is 12.5. The summed E-state index contributed by atoms with van der Waals surface area (Å²) in [5, 5.41) is 11.7. The number of fused-ring (bicyclic) bond motifs is 1. The van der Waals surface area contributed by atoms with Gasteiger partial charge in [-0.2, -0.15) is 5.26 Å². The van der Waals surface area contributed by atoms with Crippen LogP contribution in [0.3, 0.4) is 0 Å². The molecule has 1 amide bonds. The van der Waals surface area contributed by atoms with Crippen LogP contribution in [0.15, 0.2) is 48.5 Å². The molecule has 0 aliphatic carbocycles. The van der Waals surface area contributed by atoms with Crippen LogP contribution in [0.5, 0.6) is 0 Å². The highest BCUT2D eigenvalue weighted by Gasteiger charge is 2.25. The fraction of sp³-hybridized carbons (Fsp3) is 0.263. The molecule has 1 atom stereocenters. The molecule has 0 unspecified atom stereocenters. The van der Waals surface area contributed by atoms with Crippen LogP contribution < -0.4 is 5.32 Å². The summed E-state index contributed by atoms with van der Waals surface area (Å²) < 4.78 is 0. The molecule has 4 heteroatoms. The number of nitrogens with one attached hydrogen (secondary N) is 1. The minimum absolute atomic E-state index is 0.0194. The van der Waals surface area contributed by atoms with Gasteiger partial charge in [0.2, 0.25) is 5.91 Å². The number of nitrogens with zero attached hydrogens (tertiary/aromatic N) is 2. The lowest BCUT2D eigenvalue weighted by Crippen LogP contribution is -2.44. The number of anilines is 1. The summed E-state index contributed by atoms with van der Waals surface area (Å²) in [6.07, 6.45) is 0.977. The molecule has 1 heterocycles. The summed E-state index contributed by atoms with van der Waals surface area (Å²) >= 11 is 0. The zero-order valence-electron chi connectivity index (χ0n) is 13.1. The molecule has 0 saturated carbocycles. The highest BCUT2D eigenvalue weighted by molar-refractivity contribution is 5.94. The summed E-state index contributed by atoms with van der Waals surface area (Å²) in [7, 11) is 0. The Kier molecular flexibility index (Phi) is 4.40. The van der Waals surface area contributed by atoms with E-state index in [0.29, 0.717) is 5.56 Å². The molecular weight excluding hydrogens is 286 g/mol. The maximum absolute atomic E-state index is 12.5. The molecule has 0 bridgehead atoms. The van der Waals surface area contributed by atoms with Crippen molar-refractivity contribution in [3.63, 3.8) is 0 Å². The van der Waals surface area contributed by atoms with Crippen molar-refractivity contribution in [1.29, 1.82) is 5.26 Å². The molecule has 3 rings (SSSR count). The summed E-state index contributed by atoms with van der Waals surface area (Å²) in [5.74, 6) is -0.0194. The largest absolute Gasteiger partial charge is 0.325 e. The Hall–Kier alpha value is -2.64. The standard InChI is InChI=1S/C19H19N3O/c1-14(19(23)21-18-8-6-15(12-20)7-9-18)22-11-10-16-4-2-3-5-17(16)13-22/h2-9,14H,10-11,13H2,1H3,(H,21,23)/t14-/m0/s1. The lowest BCUT2D eigenvalue weighted by atomic mass is 9.99. The van der Waals surface area contributed by atoms with Crippen LogP contribution in [0.1, 0.15) is 23.6 Å². The third-order valence-electron chi connectivity index (χ3n) is 4.37. The van der Waals surface area contributed by atoms with E-state index in [2.05, 4.69) is 34.5 Å². The Morgan fingerprint density at radius 2 is 1.87 bits per heavy atom. The predicted octanol–water partition coefficient (Wildman–Crippen LogP) is 2.94. The number of carbonyl (C=O) groups excluding carboxylic acids is 1. The second kappa shape index (κ2) is 6.64. The fourth-order valence-electron chi connectivity index (χ4n) is 2.89. The maximum Gasteiger partial charge on any atom is 0.241 e. The van der Waals surface area contributed by atoms with E-state index < -0.39 is 0 Å². The first kappa shape index (κ1) is 15.3. The zero-order valence-corrected chi connectivity index (χ0v) is 13.1. The van der Waals surface area contributed by atoms with Crippen molar-refractivity contribution in [2.75, 3.05) is 11.9 Å². The van der Waals surface area contributed by atoms with Crippen LogP contribution >= 0.6 is 0 Å². The van der Waals surface area contributed by atoms with Gasteiger partial charge in [0.1, 0.15) is 0 Å². The van der Waals surface area contributed by atoms with Gasteiger partial charge in [0, 0.05) is 18.8 Å². The van der Waals surface area contributed by atoms with Crippen LogP contribution in [0.25, 0.3) is 0 Å². The Labute approximate surface area is 136 Å². The predicted molar refractivity (Wildman–Crippen MR) is 89.8 cm³/mol. The van der Waals surface area contributed by atoms with Crippen molar-refractivity contribution in [3.05, 3.63) is 65.2 Å². The van der Waals surface area contributed by atoms with Crippen LogP contribution in [-0.4, -0.2) is 23.4 Å². The lowest BCUT2D eigenvalue weighted by molar-refractivity contribution is -0.121. The van der Waals surface area contributed by atoms with Gasteiger partial charge < -0.3 is 5.32 Å². The van der Waals surface area contributed by atoms with Crippen molar-refractivity contribution in [2.45, 2.75) is 25.9 Å². The number of benzene rings is 2. The second-order valence-corrected chi connectivity index (χ2v) is 5.84. The summed E-state index contributed by atoms with van der Waals surface area (Å²) in [4.78, 5) is 14.7. The van der Waals surface area contributed by atoms with Crippen LogP contribution in [0.4, 0.5) is 5.69 Å². The molecule has 0 aromatic heterocycles. The van der Waals surface area contributed by atoms with Crippen molar-refractivity contribution in [1.82, 2.24) is 4.90 Å². The number of hydrogen-bond donors (Lipinski definition) is 1. The number of nitriles is 1. The van der Waals surface area contributed by atoms with Crippen LogP contribution in [0.2, 0.25) is 0 Å². The molecule has 4 nitrogen and oxygen atoms in total. The van der Waals surface area contributed by atoms with Gasteiger partial charge in [0.15, 0.2) is 0 Å². The fourth-order valence-corrected chi connectivity index (χ4v) is 2.89. The van der Waals surface area contributed by atoms with E-state index in [1.807, 2.05) is 13.0 Å². The zero-order chi connectivity index (χ0) is 16.2. The van der Waals surface area contributed by atoms with Crippen molar-refractivity contribution in [3.8, 4) is 6.07 Å². The van der Waals surface area contributed by atoms with Gasteiger partial charge in [-0.1, -0.05) is 24.3 Å². The average molecular weight is 305 g/mol. The number of amides is 1. The molecular formula is C19H19N3O. The van der Waals surface area contributed by atoms with Crippen molar-refractivity contribution < 1.29 is 4.79 Å². The minimum atomic E-state index is -0.195. The molecule has 0 saturated heterocycles. The van der Waals surface area contributed by atoms with Gasteiger partial charge in [-0.25, -0.2) is 0 Å². The smallest absolute Gasteiger partial charge is 0.241 e. The first-order valence-electron chi connectivity index (χ1n) is 7.79. The molecule has 1 aliphatic heterocycles. The molecule has 23 heavy (non-hydrogen) atoms. The first-order valence-corrected chi connectivity index (χ1v) is 7.79. The molecule has 0 radical (unpaired) electrons. The summed E-state index contributed by atoms with van der Waals surface area (Å²) in [6.45, 7) is 3.63. The molecule has 2 aromatic rings. The third-order valence-corrected chi connectivity index (χ3v) is 4.37. The number of hydrogen-bond acceptors (Lipinski definition) is 3. The molecule has 0 fully saturated rings. The molecule has 0 spiro atoms. The van der Waals surface area contributed by atoms with Gasteiger partial charge in [-0.3, -0.25) is 9.69 Å². The van der Waals surface area contributed by atoms with Gasteiger partial charge >= 0.3 is 0 Å². The van der Waals surface area contributed by atoms with E-state index in [0.717, 1.165) is 25.2 Å². The molecule has 116 valence electrons. The highest BCUT2D eigenvalue weighted by Crippen LogP contribution is 2.21. The average Bonchev–Trinajstić information content (AvgIpc) is 2.61. The van der Waals surface area contributed by atoms with E-state index in [-0.39, 0.29) is 11.9 Å². The third kappa shape index (κ3) is 3.41.